The van der Waals surface area contributed by atoms with Crippen molar-refractivity contribution in [3.63, 3.8) is 0 Å². The van der Waals surface area contributed by atoms with Gasteiger partial charge in [0.15, 0.2) is 0 Å². The number of carbonyl (C=O) groups excluding carboxylic acids is 4. The number of benzene rings is 1. The summed E-state index contributed by atoms with van der Waals surface area (Å²) >= 11 is 0. The van der Waals surface area contributed by atoms with Gasteiger partial charge in [0, 0.05) is 31.2 Å². The highest BCUT2D eigenvalue weighted by molar-refractivity contribution is 6.23. The number of nitrogens with zero attached hydrogens (tertiary/aromatic N) is 2. The van der Waals surface area contributed by atoms with Crippen LogP contribution < -0.4 is 16.0 Å². The number of fused-ring (bicyclic) bond motifs is 1. The van der Waals surface area contributed by atoms with Gasteiger partial charge in [-0.15, -0.1) is 0 Å². The van der Waals surface area contributed by atoms with E-state index in [1.807, 2.05) is 6.07 Å². The lowest BCUT2D eigenvalue weighted by atomic mass is 10.0. The van der Waals surface area contributed by atoms with Crippen molar-refractivity contribution in [3.05, 3.63) is 29.3 Å². The van der Waals surface area contributed by atoms with E-state index in [-0.39, 0.29) is 24.8 Å². The first-order valence-electron chi connectivity index (χ1n) is 8.83. The molecule has 3 aliphatic rings. The van der Waals surface area contributed by atoms with E-state index in [1.165, 1.54) is 0 Å². The van der Waals surface area contributed by atoms with Crippen LogP contribution in [0.1, 0.15) is 46.4 Å². The average Bonchev–Trinajstić information content (AvgIpc) is 3.19. The zero-order valence-corrected chi connectivity index (χ0v) is 14.2. The molecule has 2 fully saturated rings. The first-order valence-corrected chi connectivity index (χ1v) is 8.83. The summed E-state index contributed by atoms with van der Waals surface area (Å²) in [5.41, 5.74) is 7.29. The van der Waals surface area contributed by atoms with Crippen LogP contribution >= 0.6 is 0 Å². The summed E-state index contributed by atoms with van der Waals surface area (Å²) in [5, 5.41) is 2.20. The topological polar surface area (TPSA) is 113 Å². The summed E-state index contributed by atoms with van der Waals surface area (Å²) in [6, 6.07) is 4.47. The van der Waals surface area contributed by atoms with Crippen LogP contribution in [0.4, 0.5) is 5.69 Å². The van der Waals surface area contributed by atoms with Crippen molar-refractivity contribution in [1.82, 2.24) is 10.2 Å². The zero-order chi connectivity index (χ0) is 18.4. The molecule has 4 rings (SSSR count). The Kier molecular flexibility index (Phi) is 3.99. The van der Waals surface area contributed by atoms with Crippen LogP contribution in [0.2, 0.25) is 0 Å². The number of anilines is 1. The summed E-state index contributed by atoms with van der Waals surface area (Å²) < 4.78 is 0. The Hall–Kier alpha value is -2.74. The van der Waals surface area contributed by atoms with Crippen molar-refractivity contribution in [2.45, 2.75) is 37.8 Å². The number of hydrogen-bond donors (Lipinski definition) is 2. The molecule has 0 bridgehead atoms. The van der Waals surface area contributed by atoms with E-state index in [2.05, 4.69) is 10.2 Å². The van der Waals surface area contributed by atoms with E-state index in [0.717, 1.165) is 30.0 Å². The van der Waals surface area contributed by atoms with Crippen molar-refractivity contribution in [2.24, 2.45) is 5.73 Å². The van der Waals surface area contributed by atoms with Gasteiger partial charge < -0.3 is 10.6 Å². The molecule has 26 heavy (non-hydrogen) atoms. The normalized spacial score (nSPS) is 25.7. The van der Waals surface area contributed by atoms with E-state index in [0.29, 0.717) is 17.7 Å². The van der Waals surface area contributed by atoms with Crippen LogP contribution in [0.3, 0.4) is 0 Å². The minimum atomic E-state index is -0.938. The number of imide groups is 2. The first kappa shape index (κ1) is 16.7. The van der Waals surface area contributed by atoms with E-state index in [9.17, 15) is 19.2 Å². The minimum Gasteiger partial charge on any atom is -0.367 e. The van der Waals surface area contributed by atoms with Crippen LogP contribution in [0, 0.1) is 0 Å². The summed E-state index contributed by atoms with van der Waals surface area (Å²) in [4.78, 5) is 52.1. The number of hydrogen-bond acceptors (Lipinski definition) is 6. The third-order valence-electron chi connectivity index (χ3n) is 5.40. The van der Waals surface area contributed by atoms with E-state index in [4.69, 9.17) is 5.73 Å². The standard InChI is InChI=1S/C18H20N4O4/c19-9-11-2-1-7-21(11)10-3-4-12-13(8-10)18(26)22(17(12)25)14-5-6-15(23)20-16(14)24/h3-4,8,11,14H,1-2,5-7,9,19H2,(H,20,23,24). The van der Waals surface area contributed by atoms with Gasteiger partial charge in [-0.05, 0) is 37.5 Å². The monoisotopic (exact) mass is 356 g/mol. The van der Waals surface area contributed by atoms with Crippen molar-refractivity contribution in [1.29, 1.82) is 0 Å². The lowest BCUT2D eigenvalue weighted by molar-refractivity contribution is -0.136. The van der Waals surface area contributed by atoms with Crippen molar-refractivity contribution in [3.8, 4) is 0 Å². The SMILES string of the molecule is NCC1CCCN1c1ccc2c(c1)C(=O)N(C1CCC(=O)NC1=O)C2=O. The van der Waals surface area contributed by atoms with E-state index in [1.54, 1.807) is 12.1 Å². The van der Waals surface area contributed by atoms with Gasteiger partial charge in [0.1, 0.15) is 6.04 Å². The summed E-state index contributed by atoms with van der Waals surface area (Å²) in [6.45, 7) is 1.39. The number of nitrogens with one attached hydrogen (secondary N) is 1. The Balaban J connectivity index is 1.64. The summed E-state index contributed by atoms with van der Waals surface area (Å²) in [6.07, 6.45) is 2.31. The molecule has 3 aliphatic heterocycles. The maximum absolute atomic E-state index is 12.8. The number of rotatable bonds is 3. The maximum Gasteiger partial charge on any atom is 0.262 e. The lowest BCUT2D eigenvalue weighted by Crippen LogP contribution is -2.54. The Morgan fingerprint density at radius 2 is 1.85 bits per heavy atom. The highest BCUT2D eigenvalue weighted by Crippen LogP contribution is 2.32. The molecule has 2 unspecified atom stereocenters. The second kappa shape index (κ2) is 6.21. The lowest BCUT2D eigenvalue weighted by Gasteiger charge is -2.27. The largest absolute Gasteiger partial charge is 0.367 e. The highest BCUT2D eigenvalue weighted by atomic mass is 16.2. The molecule has 1 aromatic rings. The molecular weight excluding hydrogens is 336 g/mol. The van der Waals surface area contributed by atoms with Crippen molar-refractivity contribution < 1.29 is 19.2 Å². The van der Waals surface area contributed by atoms with Gasteiger partial charge in [-0.1, -0.05) is 0 Å². The molecular formula is C18H20N4O4. The van der Waals surface area contributed by atoms with Crippen LogP contribution in [-0.4, -0.2) is 53.7 Å². The molecule has 4 amide bonds. The number of amides is 4. The smallest absolute Gasteiger partial charge is 0.262 e. The average molecular weight is 356 g/mol. The van der Waals surface area contributed by atoms with Gasteiger partial charge in [-0.25, -0.2) is 0 Å². The Morgan fingerprint density at radius 3 is 2.58 bits per heavy atom. The third kappa shape index (κ3) is 2.48. The predicted molar refractivity (Wildman–Crippen MR) is 92.5 cm³/mol. The highest BCUT2D eigenvalue weighted by Gasteiger charge is 2.44. The molecule has 0 saturated carbocycles. The van der Waals surface area contributed by atoms with E-state index < -0.39 is 23.8 Å². The first-order chi connectivity index (χ1) is 12.5. The molecule has 0 aromatic heterocycles. The Morgan fingerprint density at radius 1 is 1.08 bits per heavy atom. The minimum absolute atomic E-state index is 0.112. The van der Waals surface area contributed by atoms with Gasteiger partial charge in [-0.2, -0.15) is 0 Å². The fraction of sp³-hybridized carbons (Fsp3) is 0.444. The van der Waals surface area contributed by atoms with Gasteiger partial charge in [0.05, 0.1) is 11.1 Å². The number of nitrogens with two attached hydrogens (primary N) is 1. The fourth-order valence-corrected chi connectivity index (χ4v) is 4.06. The van der Waals surface area contributed by atoms with Crippen LogP contribution in [0.15, 0.2) is 18.2 Å². The van der Waals surface area contributed by atoms with Crippen LogP contribution in [-0.2, 0) is 9.59 Å². The molecule has 3 N–H and O–H groups in total. The molecule has 0 aliphatic carbocycles. The zero-order valence-electron chi connectivity index (χ0n) is 14.2. The van der Waals surface area contributed by atoms with Crippen molar-refractivity contribution in [2.75, 3.05) is 18.0 Å². The molecule has 2 atom stereocenters. The van der Waals surface area contributed by atoms with E-state index >= 15 is 0 Å². The maximum atomic E-state index is 12.8. The molecule has 136 valence electrons. The van der Waals surface area contributed by atoms with Gasteiger partial charge in [-0.3, -0.25) is 29.4 Å². The van der Waals surface area contributed by atoms with Gasteiger partial charge in [0.2, 0.25) is 11.8 Å². The Labute approximate surface area is 150 Å². The van der Waals surface area contributed by atoms with Crippen LogP contribution in [0.5, 0.6) is 0 Å². The number of piperidine rings is 1. The number of carbonyl (C=O) groups is 4. The Bertz CT molecular complexity index is 821. The molecule has 0 spiro atoms. The molecule has 1 aromatic carbocycles. The van der Waals surface area contributed by atoms with Gasteiger partial charge in [0.25, 0.3) is 11.8 Å². The molecule has 8 heteroatoms. The van der Waals surface area contributed by atoms with Crippen molar-refractivity contribution >= 4 is 29.3 Å². The van der Waals surface area contributed by atoms with Gasteiger partial charge >= 0.3 is 0 Å². The molecule has 3 heterocycles. The third-order valence-corrected chi connectivity index (χ3v) is 5.40. The fourth-order valence-electron chi connectivity index (χ4n) is 4.06. The quantitative estimate of drug-likeness (QED) is 0.738. The second-order valence-electron chi connectivity index (χ2n) is 6.90. The summed E-state index contributed by atoms with van der Waals surface area (Å²) in [5.74, 6) is -1.95. The van der Waals surface area contributed by atoms with Crippen LogP contribution in [0.25, 0.3) is 0 Å². The molecule has 8 nitrogen and oxygen atoms in total. The predicted octanol–water partition coefficient (Wildman–Crippen LogP) is 0.0153. The second-order valence-corrected chi connectivity index (χ2v) is 6.90. The summed E-state index contributed by atoms with van der Waals surface area (Å²) in [7, 11) is 0. The molecule has 0 radical (unpaired) electrons. The molecule has 2 saturated heterocycles.